The molecule has 0 saturated heterocycles. The fourth-order valence-electron chi connectivity index (χ4n) is 1.18. The van der Waals surface area contributed by atoms with E-state index in [1.54, 1.807) is 0 Å². The second-order valence-electron chi connectivity index (χ2n) is 2.97. The summed E-state index contributed by atoms with van der Waals surface area (Å²) in [7, 11) is 0. The van der Waals surface area contributed by atoms with Gasteiger partial charge in [0, 0.05) is 6.61 Å². The lowest BCUT2D eigenvalue weighted by Crippen LogP contribution is -3.12. The molecule has 0 saturated carbocycles. The van der Waals surface area contributed by atoms with Gasteiger partial charge in [-0.3, -0.25) is 0 Å². The van der Waals surface area contributed by atoms with Crippen molar-refractivity contribution in [2.24, 2.45) is 0 Å². The van der Waals surface area contributed by atoms with Crippen LogP contribution in [0.1, 0.15) is 20.8 Å². The van der Waals surface area contributed by atoms with Crippen molar-refractivity contribution in [2.75, 3.05) is 32.8 Å². The van der Waals surface area contributed by atoms with Crippen molar-refractivity contribution in [3.63, 3.8) is 0 Å². The van der Waals surface area contributed by atoms with E-state index in [1.165, 1.54) is 4.90 Å². The summed E-state index contributed by atoms with van der Waals surface area (Å²) < 4.78 is 5.12. The van der Waals surface area contributed by atoms with E-state index in [1.807, 2.05) is 6.92 Å². The molecule has 0 aliphatic rings. The highest BCUT2D eigenvalue weighted by Crippen LogP contribution is 1.80. The molecule has 0 aromatic carbocycles. The predicted molar refractivity (Wildman–Crippen MR) is 49.4 cm³/mol. The van der Waals surface area contributed by atoms with Crippen molar-refractivity contribution >= 4 is 0 Å². The molecule has 0 fully saturated rings. The number of rotatable bonds is 7. The van der Waals surface area contributed by atoms with Crippen molar-refractivity contribution in [2.45, 2.75) is 26.9 Å². The number of hydrogen-bond acceptors (Lipinski definition) is 2. The Bertz CT molecular complexity index is 94.5. The standard InChI is InChI=1S/C9H21NO2/c1-4-10(5-2)7-9(11)8-12-6-3/h9,11H,4-8H2,1-3H3/p+1/t9-/m1/s1. The van der Waals surface area contributed by atoms with Crippen molar-refractivity contribution < 1.29 is 14.7 Å². The number of aliphatic hydroxyl groups excluding tert-OH is 1. The molecule has 0 rings (SSSR count). The largest absolute Gasteiger partial charge is 0.385 e. The maximum absolute atomic E-state index is 9.47. The molecule has 0 amide bonds. The van der Waals surface area contributed by atoms with Gasteiger partial charge in [0.15, 0.2) is 0 Å². The lowest BCUT2D eigenvalue weighted by Gasteiger charge is -2.18. The van der Waals surface area contributed by atoms with Gasteiger partial charge in [0.05, 0.1) is 19.7 Å². The minimum absolute atomic E-state index is 0.306. The molecule has 0 radical (unpaired) electrons. The van der Waals surface area contributed by atoms with Gasteiger partial charge >= 0.3 is 0 Å². The van der Waals surface area contributed by atoms with E-state index >= 15 is 0 Å². The maximum Gasteiger partial charge on any atom is 0.126 e. The summed E-state index contributed by atoms with van der Waals surface area (Å²) in [4.78, 5) is 1.42. The highest BCUT2D eigenvalue weighted by Gasteiger charge is 2.10. The third-order valence-electron chi connectivity index (χ3n) is 2.04. The third kappa shape index (κ3) is 5.52. The Morgan fingerprint density at radius 3 is 2.25 bits per heavy atom. The smallest absolute Gasteiger partial charge is 0.126 e. The van der Waals surface area contributed by atoms with Crippen LogP contribution in [-0.4, -0.2) is 44.1 Å². The summed E-state index contributed by atoms with van der Waals surface area (Å²) in [6.45, 7) is 10.3. The molecule has 0 aromatic rings. The lowest BCUT2D eigenvalue weighted by atomic mass is 10.3. The van der Waals surface area contributed by atoms with Crippen LogP contribution < -0.4 is 4.90 Å². The van der Waals surface area contributed by atoms with E-state index in [2.05, 4.69) is 13.8 Å². The molecule has 0 spiro atoms. The van der Waals surface area contributed by atoms with Crippen LogP contribution in [0.3, 0.4) is 0 Å². The minimum Gasteiger partial charge on any atom is -0.385 e. The first-order chi connectivity index (χ1) is 5.74. The molecule has 12 heavy (non-hydrogen) atoms. The molecule has 0 bridgehead atoms. The SMILES string of the molecule is CCOC[C@H](O)C[NH+](CC)CC. The zero-order valence-corrected chi connectivity index (χ0v) is 8.47. The van der Waals surface area contributed by atoms with Gasteiger partial charge < -0.3 is 14.7 Å². The second kappa shape index (κ2) is 7.53. The fraction of sp³-hybridized carbons (Fsp3) is 1.00. The van der Waals surface area contributed by atoms with Crippen LogP contribution in [0.4, 0.5) is 0 Å². The summed E-state index contributed by atoms with van der Waals surface area (Å²) >= 11 is 0. The Hall–Kier alpha value is -0.120. The van der Waals surface area contributed by atoms with Gasteiger partial charge in [-0.25, -0.2) is 0 Å². The van der Waals surface area contributed by atoms with Gasteiger partial charge in [-0.2, -0.15) is 0 Å². The molecular weight excluding hydrogens is 154 g/mol. The number of quaternary nitrogens is 1. The van der Waals surface area contributed by atoms with Crippen molar-refractivity contribution in [3.8, 4) is 0 Å². The molecule has 0 aromatic heterocycles. The van der Waals surface area contributed by atoms with Gasteiger partial charge in [-0.1, -0.05) is 0 Å². The Balaban J connectivity index is 3.44. The first kappa shape index (κ1) is 11.9. The Labute approximate surface area is 75.3 Å². The summed E-state index contributed by atoms with van der Waals surface area (Å²) in [5, 5.41) is 9.47. The van der Waals surface area contributed by atoms with Crippen molar-refractivity contribution in [1.82, 2.24) is 0 Å². The van der Waals surface area contributed by atoms with Crippen molar-refractivity contribution in [3.05, 3.63) is 0 Å². The summed E-state index contributed by atoms with van der Waals surface area (Å²) in [5.74, 6) is 0. The number of nitrogens with one attached hydrogen (secondary N) is 1. The quantitative estimate of drug-likeness (QED) is 0.538. The van der Waals surface area contributed by atoms with Crippen LogP contribution in [0, 0.1) is 0 Å². The Morgan fingerprint density at radius 1 is 1.25 bits per heavy atom. The van der Waals surface area contributed by atoms with Crippen molar-refractivity contribution in [1.29, 1.82) is 0 Å². The van der Waals surface area contributed by atoms with E-state index in [9.17, 15) is 5.11 Å². The lowest BCUT2D eigenvalue weighted by molar-refractivity contribution is -0.899. The fourth-order valence-corrected chi connectivity index (χ4v) is 1.18. The van der Waals surface area contributed by atoms with Gasteiger partial charge in [0.1, 0.15) is 12.6 Å². The summed E-state index contributed by atoms with van der Waals surface area (Å²) in [6.07, 6.45) is -0.306. The number of hydrogen-bond donors (Lipinski definition) is 2. The minimum atomic E-state index is -0.306. The van der Waals surface area contributed by atoms with E-state index in [0.717, 1.165) is 19.6 Å². The average Bonchev–Trinajstić information content (AvgIpc) is 2.10. The van der Waals surface area contributed by atoms with E-state index < -0.39 is 0 Å². The van der Waals surface area contributed by atoms with E-state index in [0.29, 0.717) is 13.2 Å². The molecule has 2 N–H and O–H groups in total. The molecule has 3 heteroatoms. The van der Waals surface area contributed by atoms with Gasteiger partial charge in [0.25, 0.3) is 0 Å². The van der Waals surface area contributed by atoms with E-state index in [-0.39, 0.29) is 6.10 Å². The predicted octanol–water partition coefficient (Wildman–Crippen LogP) is -0.691. The van der Waals surface area contributed by atoms with Crippen LogP contribution in [0.5, 0.6) is 0 Å². The third-order valence-corrected chi connectivity index (χ3v) is 2.04. The molecule has 0 aliphatic carbocycles. The highest BCUT2D eigenvalue weighted by atomic mass is 16.5. The molecule has 1 atom stereocenters. The van der Waals surface area contributed by atoms with Crippen LogP contribution in [0.2, 0.25) is 0 Å². The topological polar surface area (TPSA) is 33.9 Å². The van der Waals surface area contributed by atoms with Crippen LogP contribution in [-0.2, 0) is 4.74 Å². The number of aliphatic hydroxyl groups is 1. The molecular formula is C9H22NO2+. The molecule has 0 unspecified atom stereocenters. The first-order valence-electron chi connectivity index (χ1n) is 4.83. The monoisotopic (exact) mass is 176 g/mol. The maximum atomic E-state index is 9.47. The summed E-state index contributed by atoms with van der Waals surface area (Å²) in [5.41, 5.74) is 0. The van der Waals surface area contributed by atoms with Gasteiger partial charge in [-0.05, 0) is 20.8 Å². The van der Waals surface area contributed by atoms with Crippen LogP contribution in [0.25, 0.3) is 0 Å². The van der Waals surface area contributed by atoms with Gasteiger partial charge in [0.2, 0.25) is 0 Å². The molecule has 74 valence electrons. The van der Waals surface area contributed by atoms with E-state index in [4.69, 9.17) is 4.74 Å². The molecule has 0 aliphatic heterocycles. The first-order valence-corrected chi connectivity index (χ1v) is 4.83. The van der Waals surface area contributed by atoms with Crippen LogP contribution >= 0.6 is 0 Å². The number of likely N-dealkylation sites (N-methyl/N-ethyl adjacent to an activating group) is 1. The molecule has 3 nitrogen and oxygen atoms in total. The Morgan fingerprint density at radius 2 is 1.83 bits per heavy atom. The zero-order valence-electron chi connectivity index (χ0n) is 8.47. The Kier molecular flexibility index (Phi) is 7.45. The zero-order chi connectivity index (χ0) is 9.40. The summed E-state index contributed by atoms with van der Waals surface area (Å²) in [6, 6.07) is 0. The molecule has 0 heterocycles. The normalized spacial score (nSPS) is 13.8. The average molecular weight is 176 g/mol. The second-order valence-corrected chi connectivity index (χ2v) is 2.97. The van der Waals surface area contributed by atoms with Gasteiger partial charge in [-0.15, -0.1) is 0 Å². The number of ether oxygens (including phenoxy) is 1. The van der Waals surface area contributed by atoms with Crippen LogP contribution in [0.15, 0.2) is 0 Å². The highest BCUT2D eigenvalue weighted by molar-refractivity contribution is 4.48.